The van der Waals surface area contributed by atoms with Crippen LogP contribution in [0.3, 0.4) is 0 Å². The molecule has 1 fully saturated rings. The van der Waals surface area contributed by atoms with Crippen LogP contribution >= 0.6 is 11.6 Å². The Morgan fingerprint density at radius 1 is 1.35 bits per heavy atom. The van der Waals surface area contributed by atoms with Gasteiger partial charge in [0.1, 0.15) is 6.61 Å². The van der Waals surface area contributed by atoms with Crippen LogP contribution in [0.25, 0.3) is 0 Å². The first kappa shape index (κ1) is 14.7. The standard InChI is InChI=1S/C12H22ClNO3/c1-16-7-8-17-10-12(15)14-6-4-2-3-5-11(14)9-13/h11H,2-10H2,1H3. The second-order valence-electron chi connectivity index (χ2n) is 4.29. The number of ether oxygens (including phenoxy) is 2. The molecule has 0 aromatic heterocycles. The lowest BCUT2D eigenvalue weighted by Gasteiger charge is -2.28. The van der Waals surface area contributed by atoms with Gasteiger partial charge in [0, 0.05) is 25.6 Å². The van der Waals surface area contributed by atoms with Gasteiger partial charge in [-0.1, -0.05) is 12.8 Å². The fraction of sp³-hybridized carbons (Fsp3) is 0.917. The molecule has 1 heterocycles. The summed E-state index contributed by atoms with van der Waals surface area (Å²) in [6.45, 7) is 1.93. The second kappa shape index (κ2) is 8.72. The number of methoxy groups -OCH3 is 1. The lowest BCUT2D eigenvalue weighted by molar-refractivity contribution is -0.138. The Balaban J connectivity index is 2.35. The average molecular weight is 264 g/mol. The summed E-state index contributed by atoms with van der Waals surface area (Å²) < 4.78 is 10.1. The van der Waals surface area contributed by atoms with Gasteiger partial charge in [0.25, 0.3) is 0 Å². The molecule has 1 unspecified atom stereocenters. The highest BCUT2D eigenvalue weighted by Crippen LogP contribution is 2.18. The Bertz CT molecular complexity index is 226. The Labute approximate surface area is 108 Å². The molecule has 1 aliphatic heterocycles. The Kier molecular flexibility index (Phi) is 7.56. The van der Waals surface area contributed by atoms with Crippen LogP contribution < -0.4 is 0 Å². The summed E-state index contributed by atoms with van der Waals surface area (Å²) >= 11 is 5.92. The minimum absolute atomic E-state index is 0.0497. The van der Waals surface area contributed by atoms with Gasteiger partial charge < -0.3 is 14.4 Å². The van der Waals surface area contributed by atoms with Crippen molar-refractivity contribution in [3.63, 3.8) is 0 Å². The van der Waals surface area contributed by atoms with Crippen LogP contribution in [0.4, 0.5) is 0 Å². The number of carbonyl (C=O) groups is 1. The third kappa shape index (κ3) is 5.23. The lowest BCUT2D eigenvalue weighted by atomic mass is 10.1. The largest absolute Gasteiger partial charge is 0.382 e. The maximum atomic E-state index is 12.0. The van der Waals surface area contributed by atoms with Gasteiger partial charge in [-0.25, -0.2) is 0 Å². The van der Waals surface area contributed by atoms with Gasteiger partial charge >= 0.3 is 0 Å². The van der Waals surface area contributed by atoms with Crippen molar-refractivity contribution in [1.29, 1.82) is 0 Å². The van der Waals surface area contributed by atoms with E-state index in [-0.39, 0.29) is 18.6 Å². The monoisotopic (exact) mass is 263 g/mol. The van der Waals surface area contributed by atoms with E-state index in [1.54, 1.807) is 7.11 Å². The molecular weight excluding hydrogens is 242 g/mol. The summed E-state index contributed by atoms with van der Waals surface area (Å²) in [6, 6.07) is 0.178. The van der Waals surface area contributed by atoms with Crippen molar-refractivity contribution in [3.05, 3.63) is 0 Å². The summed E-state index contributed by atoms with van der Waals surface area (Å²) in [4.78, 5) is 13.9. The van der Waals surface area contributed by atoms with Gasteiger partial charge in [-0.05, 0) is 12.8 Å². The van der Waals surface area contributed by atoms with E-state index in [2.05, 4.69) is 0 Å². The lowest BCUT2D eigenvalue weighted by Crippen LogP contribution is -2.43. The zero-order chi connectivity index (χ0) is 12.5. The first-order valence-corrected chi connectivity index (χ1v) is 6.75. The molecule has 0 aromatic carbocycles. The molecule has 1 atom stereocenters. The zero-order valence-electron chi connectivity index (χ0n) is 10.5. The maximum absolute atomic E-state index is 12.0. The molecule has 1 saturated heterocycles. The molecule has 1 amide bonds. The maximum Gasteiger partial charge on any atom is 0.248 e. The molecule has 0 aromatic rings. The molecular formula is C12H22ClNO3. The number of likely N-dealkylation sites (tertiary alicyclic amines) is 1. The summed E-state index contributed by atoms with van der Waals surface area (Å²) in [5.74, 6) is 0.567. The summed E-state index contributed by atoms with van der Waals surface area (Å²) in [5, 5.41) is 0. The van der Waals surface area contributed by atoms with E-state index in [1.807, 2.05) is 4.90 Å². The number of halogens is 1. The fourth-order valence-corrected chi connectivity index (χ4v) is 2.37. The first-order chi connectivity index (χ1) is 8.29. The number of rotatable bonds is 6. The molecule has 0 N–H and O–H groups in total. The van der Waals surface area contributed by atoms with E-state index in [9.17, 15) is 4.79 Å². The Morgan fingerprint density at radius 3 is 2.88 bits per heavy atom. The number of hydrogen-bond donors (Lipinski definition) is 0. The third-order valence-corrected chi connectivity index (χ3v) is 3.39. The van der Waals surface area contributed by atoms with Crippen molar-refractivity contribution in [2.45, 2.75) is 31.7 Å². The van der Waals surface area contributed by atoms with Crippen LogP contribution in [0, 0.1) is 0 Å². The van der Waals surface area contributed by atoms with Crippen LogP contribution in [0.5, 0.6) is 0 Å². The number of hydrogen-bond acceptors (Lipinski definition) is 3. The number of alkyl halides is 1. The van der Waals surface area contributed by atoms with Crippen molar-refractivity contribution in [2.75, 3.05) is 39.4 Å². The molecule has 1 rings (SSSR count). The van der Waals surface area contributed by atoms with Crippen LogP contribution in [0.2, 0.25) is 0 Å². The molecule has 5 heteroatoms. The highest BCUT2D eigenvalue weighted by Gasteiger charge is 2.24. The predicted octanol–water partition coefficient (Wildman–Crippen LogP) is 1.66. The van der Waals surface area contributed by atoms with Gasteiger partial charge in [-0.3, -0.25) is 4.79 Å². The van der Waals surface area contributed by atoms with Crippen molar-refractivity contribution in [1.82, 2.24) is 4.90 Å². The molecule has 0 radical (unpaired) electrons. The SMILES string of the molecule is COCCOCC(=O)N1CCCCCC1CCl. The molecule has 0 bridgehead atoms. The zero-order valence-corrected chi connectivity index (χ0v) is 11.2. The Morgan fingerprint density at radius 2 is 2.18 bits per heavy atom. The van der Waals surface area contributed by atoms with Crippen LogP contribution in [-0.2, 0) is 14.3 Å². The van der Waals surface area contributed by atoms with Gasteiger partial charge in [-0.2, -0.15) is 0 Å². The summed E-state index contributed by atoms with van der Waals surface area (Å²) in [7, 11) is 1.61. The van der Waals surface area contributed by atoms with E-state index < -0.39 is 0 Å². The molecule has 1 aliphatic rings. The minimum Gasteiger partial charge on any atom is -0.382 e. The van der Waals surface area contributed by atoms with E-state index in [0.717, 1.165) is 25.8 Å². The third-order valence-electron chi connectivity index (χ3n) is 3.03. The summed E-state index contributed by atoms with van der Waals surface area (Å²) in [6.07, 6.45) is 4.41. The van der Waals surface area contributed by atoms with E-state index in [0.29, 0.717) is 19.1 Å². The van der Waals surface area contributed by atoms with Gasteiger partial charge in [-0.15, -0.1) is 11.6 Å². The van der Waals surface area contributed by atoms with Crippen LogP contribution in [0.1, 0.15) is 25.7 Å². The van der Waals surface area contributed by atoms with Crippen molar-refractivity contribution >= 4 is 17.5 Å². The van der Waals surface area contributed by atoms with Gasteiger partial charge in [0.2, 0.25) is 5.91 Å². The van der Waals surface area contributed by atoms with Gasteiger partial charge in [0.15, 0.2) is 0 Å². The highest BCUT2D eigenvalue weighted by atomic mass is 35.5. The molecule has 0 saturated carbocycles. The van der Waals surface area contributed by atoms with E-state index in [4.69, 9.17) is 21.1 Å². The van der Waals surface area contributed by atoms with Gasteiger partial charge in [0.05, 0.1) is 13.2 Å². The first-order valence-electron chi connectivity index (χ1n) is 6.21. The summed E-state index contributed by atoms with van der Waals surface area (Å²) in [5.41, 5.74) is 0. The number of nitrogens with zero attached hydrogens (tertiary/aromatic N) is 1. The fourth-order valence-electron chi connectivity index (χ4n) is 2.05. The molecule has 4 nitrogen and oxygen atoms in total. The number of amides is 1. The second-order valence-corrected chi connectivity index (χ2v) is 4.60. The minimum atomic E-state index is 0.0497. The quantitative estimate of drug-likeness (QED) is 0.540. The molecule has 0 spiro atoms. The van der Waals surface area contributed by atoms with Crippen molar-refractivity contribution in [2.24, 2.45) is 0 Å². The topological polar surface area (TPSA) is 38.8 Å². The highest BCUT2D eigenvalue weighted by molar-refractivity contribution is 6.18. The van der Waals surface area contributed by atoms with E-state index >= 15 is 0 Å². The van der Waals surface area contributed by atoms with Crippen molar-refractivity contribution in [3.8, 4) is 0 Å². The average Bonchev–Trinajstić information content (AvgIpc) is 2.59. The van der Waals surface area contributed by atoms with Crippen molar-refractivity contribution < 1.29 is 14.3 Å². The molecule has 0 aliphatic carbocycles. The molecule has 100 valence electrons. The Hall–Kier alpha value is -0.320. The van der Waals surface area contributed by atoms with Crippen LogP contribution in [0.15, 0.2) is 0 Å². The smallest absolute Gasteiger partial charge is 0.248 e. The molecule has 17 heavy (non-hydrogen) atoms. The normalized spacial score (nSPS) is 21.3. The predicted molar refractivity (Wildman–Crippen MR) is 67.4 cm³/mol. The number of carbonyl (C=O) groups excluding carboxylic acids is 1. The van der Waals surface area contributed by atoms with E-state index in [1.165, 1.54) is 6.42 Å². The van der Waals surface area contributed by atoms with Crippen LogP contribution in [-0.4, -0.2) is 56.2 Å².